The standard InChI is InChI=1S/C36H44ClNO4/c1-3-4-5-6-7-14-35(42-27(2)39)31-11-8-10-29(23-31)25-38-21-19-28(20-22-38)26-41-34-13-9-12-32(24-34)36(40)30-15-17-33(37)18-16-30/h8-13,15-18,23-24,28,35H,3-7,14,19-22,25-26H2,1-2H3. The van der Waals surface area contributed by atoms with Crippen LogP contribution in [0, 0.1) is 5.92 Å². The number of unbranched alkanes of at least 4 members (excludes halogenated alkanes) is 4. The lowest BCUT2D eigenvalue weighted by atomic mass is 9.96. The Kier molecular flexibility index (Phi) is 12.5. The summed E-state index contributed by atoms with van der Waals surface area (Å²) in [6.07, 6.45) is 8.80. The number of likely N-dealkylation sites (tertiary alicyclic amines) is 1. The summed E-state index contributed by atoms with van der Waals surface area (Å²) < 4.78 is 11.9. The van der Waals surface area contributed by atoms with Gasteiger partial charge in [-0.1, -0.05) is 80.6 Å². The molecule has 0 bridgehead atoms. The molecule has 224 valence electrons. The van der Waals surface area contributed by atoms with Crippen LogP contribution in [0.15, 0.2) is 72.8 Å². The average molecular weight is 590 g/mol. The first-order valence-corrected chi connectivity index (χ1v) is 15.8. The molecule has 0 amide bonds. The van der Waals surface area contributed by atoms with Crippen molar-refractivity contribution in [2.24, 2.45) is 5.92 Å². The molecule has 1 unspecified atom stereocenters. The van der Waals surface area contributed by atoms with Crippen LogP contribution in [0.1, 0.15) is 98.4 Å². The number of ether oxygens (including phenoxy) is 2. The van der Waals surface area contributed by atoms with Crippen molar-refractivity contribution >= 4 is 23.4 Å². The zero-order valence-corrected chi connectivity index (χ0v) is 25.8. The number of piperidine rings is 1. The minimum Gasteiger partial charge on any atom is -0.493 e. The van der Waals surface area contributed by atoms with E-state index >= 15 is 0 Å². The van der Waals surface area contributed by atoms with Crippen LogP contribution in [0.25, 0.3) is 0 Å². The van der Waals surface area contributed by atoms with Gasteiger partial charge in [0, 0.05) is 29.6 Å². The fourth-order valence-corrected chi connectivity index (χ4v) is 5.72. The van der Waals surface area contributed by atoms with Crippen LogP contribution in [0.3, 0.4) is 0 Å². The smallest absolute Gasteiger partial charge is 0.303 e. The second-order valence-electron chi connectivity index (χ2n) is 11.4. The maximum Gasteiger partial charge on any atom is 0.303 e. The first kappa shape index (κ1) is 31.8. The molecule has 6 heteroatoms. The zero-order valence-electron chi connectivity index (χ0n) is 25.0. The van der Waals surface area contributed by atoms with E-state index in [2.05, 4.69) is 36.1 Å². The van der Waals surface area contributed by atoms with Gasteiger partial charge in [-0.25, -0.2) is 0 Å². The Hall–Kier alpha value is -3.15. The van der Waals surface area contributed by atoms with Crippen LogP contribution in [-0.4, -0.2) is 36.3 Å². The van der Waals surface area contributed by atoms with Crippen molar-refractivity contribution in [3.8, 4) is 5.75 Å². The summed E-state index contributed by atoms with van der Waals surface area (Å²) in [6.45, 7) is 7.28. The van der Waals surface area contributed by atoms with Crippen molar-refractivity contribution in [3.63, 3.8) is 0 Å². The van der Waals surface area contributed by atoms with Gasteiger partial charge in [0.15, 0.2) is 5.78 Å². The third-order valence-corrected chi connectivity index (χ3v) is 8.25. The van der Waals surface area contributed by atoms with E-state index in [-0.39, 0.29) is 17.9 Å². The zero-order chi connectivity index (χ0) is 29.7. The van der Waals surface area contributed by atoms with Gasteiger partial charge in [0.05, 0.1) is 6.61 Å². The number of benzene rings is 3. The molecule has 3 aromatic carbocycles. The van der Waals surface area contributed by atoms with Gasteiger partial charge in [-0.05, 0) is 92.2 Å². The maximum atomic E-state index is 12.9. The summed E-state index contributed by atoms with van der Waals surface area (Å²) >= 11 is 5.96. The number of ketones is 1. The molecule has 0 aromatic heterocycles. The van der Waals surface area contributed by atoms with Gasteiger partial charge in [0.1, 0.15) is 11.9 Å². The van der Waals surface area contributed by atoms with Gasteiger partial charge < -0.3 is 9.47 Å². The van der Waals surface area contributed by atoms with Crippen LogP contribution in [0.2, 0.25) is 5.02 Å². The third kappa shape index (κ3) is 9.99. The summed E-state index contributed by atoms with van der Waals surface area (Å²) in [4.78, 5) is 27.1. The number of halogens is 1. The minimum absolute atomic E-state index is 0.0411. The molecule has 0 spiro atoms. The molecule has 0 radical (unpaired) electrons. The highest BCUT2D eigenvalue weighted by molar-refractivity contribution is 6.30. The lowest BCUT2D eigenvalue weighted by molar-refractivity contribution is -0.147. The Balaban J connectivity index is 1.25. The average Bonchev–Trinajstić information content (AvgIpc) is 3.00. The summed E-state index contributed by atoms with van der Waals surface area (Å²) in [5, 5.41) is 0.611. The van der Waals surface area contributed by atoms with E-state index < -0.39 is 0 Å². The summed E-state index contributed by atoms with van der Waals surface area (Å²) in [7, 11) is 0. The monoisotopic (exact) mass is 589 g/mol. The molecule has 1 heterocycles. The molecule has 0 aliphatic carbocycles. The fraction of sp³-hybridized carbons (Fsp3) is 0.444. The van der Waals surface area contributed by atoms with E-state index in [0.29, 0.717) is 28.7 Å². The van der Waals surface area contributed by atoms with E-state index in [1.165, 1.54) is 38.2 Å². The number of carbonyl (C=O) groups excluding carboxylic acids is 2. The molecule has 1 saturated heterocycles. The summed E-state index contributed by atoms with van der Waals surface area (Å²) in [5.74, 6) is 0.940. The molecule has 1 aliphatic heterocycles. The fourth-order valence-electron chi connectivity index (χ4n) is 5.60. The third-order valence-electron chi connectivity index (χ3n) is 8.00. The van der Waals surface area contributed by atoms with Crippen molar-refractivity contribution in [3.05, 3.63) is 100 Å². The van der Waals surface area contributed by atoms with Crippen molar-refractivity contribution < 1.29 is 19.1 Å². The SMILES string of the molecule is CCCCCCCC(OC(C)=O)c1cccc(CN2CCC(COc3cccc(C(=O)c4ccc(Cl)cc4)c3)CC2)c1. The van der Waals surface area contributed by atoms with Crippen LogP contribution >= 0.6 is 11.6 Å². The Morgan fingerprint density at radius 3 is 2.38 bits per heavy atom. The van der Waals surface area contributed by atoms with Gasteiger partial charge >= 0.3 is 5.97 Å². The number of esters is 1. The number of hydrogen-bond acceptors (Lipinski definition) is 5. The molecule has 0 saturated carbocycles. The molecule has 3 aromatic rings. The van der Waals surface area contributed by atoms with Crippen molar-refractivity contribution in [2.45, 2.75) is 77.9 Å². The van der Waals surface area contributed by atoms with Gasteiger partial charge in [0.25, 0.3) is 0 Å². The molecule has 5 nitrogen and oxygen atoms in total. The van der Waals surface area contributed by atoms with Crippen LogP contribution in [0.5, 0.6) is 5.75 Å². The predicted molar refractivity (Wildman–Crippen MR) is 169 cm³/mol. The second-order valence-corrected chi connectivity index (χ2v) is 11.9. The summed E-state index contributed by atoms with van der Waals surface area (Å²) in [5.41, 5.74) is 3.57. The topological polar surface area (TPSA) is 55.8 Å². The number of carbonyl (C=O) groups is 2. The van der Waals surface area contributed by atoms with Crippen LogP contribution in [-0.2, 0) is 16.1 Å². The lowest BCUT2D eigenvalue weighted by Gasteiger charge is -2.32. The van der Waals surface area contributed by atoms with E-state index in [0.717, 1.165) is 56.6 Å². The van der Waals surface area contributed by atoms with Gasteiger partial charge in [-0.3, -0.25) is 14.5 Å². The molecular weight excluding hydrogens is 546 g/mol. The van der Waals surface area contributed by atoms with E-state index in [1.54, 1.807) is 24.3 Å². The van der Waals surface area contributed by atoms with Crippen molar-refractivity contribution in [1.29, 1.82) is 0 Å². The largest absolute Gasteiger partial charge is 0.493 e. The second kappa shape index (κ2) is 16.5. The highest BCUT2D eigenvalue weighted by Crippen LogP contribution is 2.27. The Morgan fingerprint density at radius 1 is 0.905 bits per heavy atom. The Bertz CT molecular complexity index is 1280. The molecule has 1 fully saturated rings. The molecule has 1 atom stereocenters. The van der Waals surface area contributed by atoms with Crippen molar-refractivity contribution in [1.82, 2.24) is 4.90 Å². The Morgan fingerprint density at radius 2 is 1.64 bits per heavy atom. The van der Waals surface area contributed by atoms with Crippen LogP contribution < -0.4 is 4.74 Å². The van der Waals surface area contributed by atoms with Gasteiger partial charge in [-0.2, -0.15) is 0 Å². The number of nitrogens with zero attached hydrogens (tertiary/aromatic N) is 1. The molecule has 0 N–H and O–H groups in total. The highest BCUT2D eigenvalue weighted by Gasteiger charge is 2.21. The minimum atomic E-state index is -0.219. The first-order chi connectivity index (χ1) is 20.4. The van der Waals surface area contributed by atoms with Crippen LogP contribution in [0.4, 0.5) is 0 Å². The predicted octanol–water partition coefficient (Wildman–Crippen LogP) is 8.83. The quantitative estimate of drug-likeness (QED) is 0.101. The highest BCUT2D eigenvalue weighted by atomic mass is 35.5. The molecule has 1 aliphatic rings. The van der Waals surface area contributed by atoms with E-state index in [4.69, 9.17) is 21.1 Å². The Labute approximate surface area is 256 Å². The first-order valence-electron chi connectivity index (χ1n) is 15.4. The van der Waals surface area contributed by atoms with E-state index in [9.17, 15) is 9.59 Å². The number of rotatable bonds is 15. The van der Waals surface area contributed by atoms with Crippen molar-refractivity contribution in [2.75, 3.05) is 19.7 Å². The van der Waals surface area contributed by atoms with E-state index in [1.807, 2.05) is 24.3 Å². The lowest BCUT2D eigenvalue weighted by Crippen LogP contribution is -2.35. The maximum absolute atomic E-state index is 12.9. The van der Waals surface area contributed by atoms with Gasteiger partial charge in [0.2, 0.25) is 0 Å². The summed E-state index contributed by atoms with van der Waals surface area (Å²) in [6, 6.07) is 22.9. The normalized spacial score (nSPS) is 14.8. The molecular formula is C36H44ClNO4. The molecule has 4 rings (SSSR count). The van der Waals surface area contributed by atoms with Gasteiger partial charge in [-0.15, -0.1) is 0 Å². The number of hydrogen-bond donors (Lipinski definition) is 0. The molecule has 42 heavy (non-hydrogen) atoms.